The summed E-state index contributed by atoms with van der Waals surface area (Å²) in [6.07, 6.45) is 2.03. The Kier molecular flexibility index (Phi) is 5.97. The van der Waals surface area contributed by atoms with Gasteiger partial charge >= 0.3 is 0 Å². The molecule has 2 heteroatoms. The summed E-state index contributed by atoms with van der Waals surface area (Å²) in [4.78, 5) is 0. The second-order valence-electron chi connectivity index (χ2n) is 5.53. The van der Waals surface area contributed by atoms with Crippen LogP contribution in [-0.4, -0.2) is 26.8 Å². The molecular formula is C19H25NO. The average Bonchev–Trinajstić information content (AvgIpc) is 2.54. The highest BCUT2D eigenvalue weighted by Gasteiger charge is 2.02. The number of hydrogen-bond acceptors (Lipinski definition) is 2. The van der Waals surface area contributed by atoms with Gasteiger partial charge in [0.25, 0.3) is 0 Å². The normalized spacial score (nSPS) is 12.3. The summed E-state index contributed by atoms with van der Waals surface area (Å²) in [6, 6.07) is 18.1. The van der Waals surface area contributed by atoms with Gasteiger partial charge in [-0.1, -0.05) is 48.5 Å². The van der Waals surface area contributed by atoms with Crippen LogP contribution < -0.4 is 5.32 Å². The van der Waals surface area contributed by atoms with Gasteiger partial charge in [-0.3, -0.25) is 0 Å². The fraction of sp³-hybridized carbons (Fsp3) is 0.368. The first-order valence-corrected chi connectivity index (χ1v) is 7.57. The van der Waals surface area contributed by atoms with Crippen molar-refractivity contribution < 1.29 is 4.74 Å². The Morgan fingerprint density at radius 2 is 1.43 bits per heavy atom. The second kappa shape index (κ2) is 7.96. The molecule has 1 unspecified atom stereocenters. The maximum atomic E-state index is 5.11. The van der Waals surface area contributed by atoms with E-state index in [0.29, 0.717) is 6.04 Å². The molecule has 0 amide bonds. The summed E-state index contributed by atoms with van der Waals surface area (Å²) >= 11 is 0. The van der Waals surface area contributed by atoms with Gasteiger partial charge in [-0.15, -0.1) is 0 Å². The van der Waals surface area contributed by atoms with Crippen LogP contribution in [0.15, 0.2) is 48.5 Å². The summed E-state index contributed by atoms with van der Waals surface area (Å²) in [7, 11) is 3.75. The molecule has 2 aromatic rings. The van der Waals surface area contributed by atoms with Crippen LogP contribution >= 0.6 is 0 Å². The second-order valence-corrected chi connectivity index (χ2v) is 5.53. The highest BCUT2D eigenvalue weighted by molar-refractivity contribution is 5.64. The number of ether oxygens (including phenoxy) is 1. The van der Waals surface area contributed by atoms with E-state index in [9.17, 15) is 0 Å². The Hall–Kier alpha value is -1.64. The summed E-state index contributed by atoms with van der Waals surface area (Å²) in [6.45, 7) is 2.98. The monoisotopic (exact) mass is 283 g/mol. The van der Waals surface area contributed by atoms with Crippen LogP contribution in [0.3, 0.4) is 0 Å². The maximum Gasteiger partial charge on any atom is 0.0502 e. The Labute approximate surface area is 128 Å². The molecule has 21 heavy (non-hydrogen) atoms. The summed E-state index contributed by atoms with van der Waals surface area (Å²) in [5.74, 6) is 0. The van der Waals surface area contributed by atoms with E-state index < -0.39 is 0 Å². The first-order chi connectivity index (χ1) is 10.2. The lowest BCUT2D eigenvalue weighted by atomic mass is 10.00. The number of benzene rings is 2. The molecule has 0 saturated carbocycles. The molecule has 112 valence electrons. The molecule has 2 aromatic carbocycles. The molecule has 0 aromatic heterocycles. The topological polar surface area (TPSA) is 21.3 Å². The third-order valence-electron chi connectivity index (χ3n) is 3.87. The molecule has 0 bridgehead atoms. The van der Waals surface area contributed by atoms with Gasteiger partial charge in [-0.2, -0.15) is 0 Å². The van der Waals surface area contributed by atoms with Crippen molar-refractivity contribution in [1.82, 2.24) is 5.32 Å². The predicted octanol–water partition coefficient (Wildman–Crippen LogP) is 3.69. The Balaban J connectivity index is 2.04. The van der Waals surface area contributed by atoms with Gasteiger partial charge in [0, 0.05) is 13.2 Å². The number of hydrogen-bond donors (Lipinski definition) is 1. The highest BCUT2D eigenvalue weighted by Crippen LogP contribution is 2.21. The molecule has 0 heterocycles. The van der Waals surface area contributed by atoms with Gasteiger partial charge in [-0.25, -0.2) is 0 Å². The third kappa shape index (κ3) is 4.69. The molecule has 0 aliphatic heterocycles. The standard InChI is InChI=1S/C19H25NO/c1-15(20-2)14-17-6-10-19(11-7-17)18-8-4-16(5-9-18)12-13-21-3/h4-11,15,20H,12-14H2,1-3H3. The molecule has 2 nitrogen and oxygen atoms in total. The largest absolute Gasteiger partial charge is 0.384 e. The molecule has 0 aliphatic carbocycles. The first kappa shape index (κ1) is 15.7. The van der Waals surface area contributed by atoms with Crippen LogP contribution in [0.1, 0.15) is 18.1 Å². The van der Waals surface area contributed by atoms with Gasteiger partial charge in [-0.05, 0) is 49.1 Å². The Morgan fingerprint density at radius 3 is 1.90 bits per heavy atom. The van der Waals surface area contributed by atoms with E-state index in [-0.39, 0.29) is 0 Å². The van der Waals surface area contributed by atoms with Gasteiger partial charge in [0.1, 0.15) is 0 Å². The van der Waals surface area contributed by atoms with E-state index in [1.807, 2.05) is 7.05 Å². The van der Waals surface area contributed by atoms with Crippen molar-refractivity contribution in [3.8, 4) is 11.1 Å². The Morgan fingerprint density at radius 1 is 0.905 bits per heavy atom. The minimum atomic E-state index is 0.510. The number of likely N-dealkylation sites (N-methyl/N-ethyl adjacent to an activating group) is 1. The SMILES string of the molecule is CNC(C)Cc1ccc(-c2ccc(CCOC)cc2)cc1. The Bertz CT molecular complexity index is 530. The molecule has 0 aliphatic rings. The maximum absolute atomic E-state index is 5.11. The molecule has 2 rings (SSSR count). The summed E-state index contributed by atoms with van der Waals surface area (Å²) < 4.78 is 5.11. The lowest BCUT2D eigenvalue weighted by Gasteiger charge is -2.10. The molecule has 0 radical (unpaired) electrons. The van der Waals surface area contributed by atoms with Gasteiger partial charge in [0.05, 0.1) is 6.61 Å². The number of nitrogens with one attached hydrogen (secondary N) is 1. The zero-order valence-electron chi connectivity index (χ0n) is 13.2. The first-order valence-electron chi connectivity index (χ1n) is 7.57. The van der Waals surface area contributed by atoms with E-state index in [4.69, 9.17) is 4.74 Å². The minimum absolute atomic E-state index is 0.510. The number of methoxy groups -OCH3 is 1. The van der Waals surface area contributed by atoms with Gasteiger partial charge < -0.3 is 10.1 Å². The fourth-order valence-corrected chi connectivity index (χ4v) is 2.37. The third-order valence-corrected chi connectivity index (χ3v) is 3.87. The number of rotatable bonds is 7. The van der Waals surface area contributed by atoms with E-state index >= 15 is 0 Å². The predicted molar refractivity (Wildman–Crippen MR) is 89.7 cm³/mol. The lowest BCUT2D eigenvalue weighted by molar-refractivity contribution is 0.202. The van der Waals surface area contributed by atoms with E-state index in [1.165, 1.54) is 22.3 Å². The molecule has 0 saturated heterocycles. The smallest absolute Gasteiger partial charge is 0.0502 e. The van der Waals surface area contributed by atoms with Crippen molar-refractivity contribution in [1.29, 1.82) is 0 Å². The van der Waals surface area contributed by atoms with Crippen molar-refractivity contribution in [3.05, 3.63) is 59.7 Å². The van der Waals surface area contributed by atoms with Crippen molar-refractivity contribution in [2.75, 3.05) is 20.8 Å². The minimum Gasteiger partial charge on any atom is -0.384 e. The van der Waals surface area contributed by atoms with E-state index in [2.05, 4.69) is 60.8 Å². The average molecular weight is 283 g/mol. The van der Waals surface area contributed by atoms with Crippen molar-refractivity contribution in [2.45, 2.75) is 25.8 Å². The van der Waals surface area contributed by atoms with Crippen LogP contribution in [0.2, 0.25) is 0 Å². The fourth-order valence-electron chi connectivity index (χ4n) is 2.37. The van der Waals surface area contributed by atoms with Gasteiger partial charge in [0.15, 0.2) is 0 Å². The van der Waals surface area contributed by atoms with Crippen molar-refractivity contribution in [3.63, 3.8) is 0 Å². The van der Waals surface area contributed by atoms with Crippen LogP contribution in [0.25, 0.3) is 11.1 Å². The molecular weight excluding hydrogens is 258 g/mol. The zero-order chi connectivity index (χ0) is 15.1. The summed E-state index contributed by atoms with van der Waals surface area (Å²) in [5, 5.41) is 3.27. The van der Waals surface area contributed by atoms with E-state index in [1.54, 1.807) is 7.11 Å². The molecule has 0 spiro atoms. The van der Waals surface area contributed by atoms with Crippen LogP contribution in [-0.2, 0) is 17.6 Å². The quantitative estimate of drug-likeness (QED) is 0.836. The van der Waals surface area contributed by atoms with Crippen LogP contribution in [0.5, 0.6) is 0 Å². The van der Waals surface area contributed by atoms with Crippen molar-refractivity contribution >= 4 is 0 Å². The molecule has 1 atom stereocenters. The summed E-state index contributed by atoms with van der Waals surface area (Å²) in [5.41, 5.74) is 5.23. The lowest BCUT2D eigenvalue weighted by Crippen LogP contribution is -2.23. The zero-order valence-corrected chi connectivity index (χ0v) is 13.2. The molecule has 1 N–H and O–H groups in total. The van der Waals surface area contributed by atoms with Crippen molar-refractivity contribution in [2.24, 2.45) is 0 Å². The molecule has 0 fully saturated rings. The van der Waals surface area contributed by atoms with Crippen LogP contribution in [0.4, 0.5) is 0 Å². The van der Waals surface area contributed by atoms with E-state index in [0.717, 1.165) is 19.4 Å². The highest BCUT2D eigenvalue weighted by atomic mass is 16.5. The van der Waals surface area contributed by atoms with Crippen LogP contribution in [0, 0.1) is 0 Å². The van der Waals surface area contributed by atoms with Gasteiger partial charge in [0.2, 0.25) is 0 Å².